The maximum Gasteiger partial charge on any atom is 0.344 e. The van der Waals surface area contributed by atoms with Crippen molar-refractivity contribution in [2.75, 3.05) is 19.8 Å². The minimum absolute atomic E-state index is 0.0751. The predicted octanol–water partition coefficient (Wildman–Crippen LogP) is 2.63. The largest absolute Gasteiger partial charge is 0.482 e. The standard InChI is InChI=1S/C16H22O5/c1-4-15(17)13-5-7-14(8-6-13)21-11-16(18)20-10-9-19-12(2)3/h5-8,12H,4,9-11H2,1-3H3. The second-order valence-corrected chi connectivity index (χ2v) is 4.73. The number of esters is 1. The van der Waals surface area contributed by atoms with Gasteiger partial charge in [0, 0.05) is 12.0 Å². The number of carbonyl (C=O) groups excluding carboxylic acids is 2. The van der Waals surface area contributed by atoms with E-state index >= 15 is 0 Å². The fourth-order valence-electron chi connectivity index (χ4n) is 1.56. The highest BCUT2D eigenvalue weighted by Crippen LogP contribution is 2.13. The van der Waals surface area contributed by atoms with E-state index in [1.807, 2.05) is 20.8 Å². The van der Waals surface area contributed by atoms with Gasteiger partial charge in [-0.2, -0.15) is 0 Å². The van der Waals surface area contributed by atoms with Gasteiger partial charge in [0.2, 0.25) is 0 Å². The zero-order valence-electron chi connectivity index (χ0n) is 12.8. The minimum atomic E-state index is -0.448. The first-order valence-electron chi connectivity index (χ1n) is 7.06. The van der Waals surface area contributed by atoms with Gasteiger partial charge in [0.25, 0.3) is 0 Å². The van der Waals surface area contributed by atoms with Gasteiger partial charge >= 0.3 is 5.97 Å². The number of benzene rings is 1. The van der Waals surface area contributed by atoms with Crippen LogP contribution in [0.2, 0.25) is 0 Å². The first-order valence-corrected chi connectivity index (χ1v) is 7.06. The van der Waals surface area contributed by atoms with Crippen LogP contribution in [0.15, 0.2) is 24.3 Å². The molecule has 1 aromatic rings. The third-order valence-corrected chi connectivity index (χ3v) is 2.65. The Balaban J connectivity index is 2.28. The molecule has 0 spiro atoms. The van der Waals surface area contributed by atoms with Gasteiger partial charge < -0.3 is 14.2 Å². The molecular formula is C16H22O5. The summed E-state index contributed by atoms with van der Waals surface area (Å²) in [6, 6.07) is 6.70. The van der Waals surface area contributed by atoms with Gasteiger partial charge in [-0.1, -0.05) is 6.92 Å². The van der Waals surface area contributed by atoms with Gasteiger partial charge in [-0.05, 0) is 38.1 Å². The highest BCUT2D eigenvalue weighted by molar-refractivity contribution is 5.95. The normalized spacial score (nSPS) is 10.5. The van der Waals surface area contributed by atoms with Crippen molar-refractivity contribution >= 4 is 11.8 Å². The second kappa shape index (κ2) is 9.13. The molecule has 0 aliphatic carbocycles. The van der Waals surface area contributed by atoms with Crippen molar-refractivity contribution < 1.29 is 23.8 Å². The predicted molar refractivity (Wildman–Crippen MR) is 78.6 cm³/mol. The highest BCUT2D eigenvalue weighted by Gasteiger charge is 2.06. The lowest BCUT2D eigenvalue weighted by molar-refractivity contribution is -0.148. The van der Waals surface area contributed by atoms with Crippen LogP contribution in [0, 0.1) is 0 Å². The zero-order chi connectivity index (χ0) is 15.7. The van der Waals surface area contributed by atoms with E-state index in [4.69, 9.17) is 14.2 Å². The van der Waals surface area contributed by atoms with Gasteiger partial charge in [-0.25, -0.2) is 4.79 Å². The number of ether oxygens (including phenoxy) is 3. The van der Waals surface area contributed by atoms with Crippen LogP contribution in [0.25, 0.3) is 0 Å². The molecule has 0 radical (unpaired) electrons. The van der Waals surface area contributed by atoms with Gasteiger partial charge in [-0.3, -0.25) is 4.79 Å². The van der Waals surface area contributed by atoms with Gasteiger partial charge in [0.05, 0.1) is 12.7 Å². The fourth-order valence-corrected chi connectivity index (χ4v) is 1.56. The third kappa shape index (κ3) is 6.90. The first kappa shape index (κ1) is 17.2. The molecule has 0 unspecified atom stereocenters. The smallest absolute Gasteiger partial charge is 0.344 e. The number of ketones is 1. The van der Waals surface area contributed by atoms with Crippen LogP contribution in [-0.2, 0) is 14.3 Å². The molecule has 0 aliphatic rings. The SMILES string of the molecule is CCC(=O)c1ccc(OCC(=O)OCCOC(C)C)cc1. The van der Waals surface area contributed by atoms with E-state index in [9.17, 15) is 9.59 Å². The van der Waals surface area contributed by atoms with E-state index < -0.39 is 5.97 Å². The van der Waals surface area contributed by atoms with E-state index in [0.717, 1.165) is 0 Å². The molecule has 0 heterocycles. The van der Waals surface area contributed by atoms with Crippen LogP contribution < -0.4 is 4.74 Å². The fraction of sp³-hybridized carbons (Fsp3) is 0.500. The average Bonchev–Trinajstić information content (AvgIpc) is 2.49. The van der Waals surface area contributed by atoms with Crippen LogP contribution in [0.1, 0.15) is 37.6 Å². The molecule has 21 heavy (non-hydrogen) atoms. The summed E-state index contributed by atoms with van der Waals surface area (Å²) in [6.07, 6.45) is 0.578. The lowest BCUT2D eigenvalue weighted by Gasteiger charge is -2.09. The molecule has 0 saturated heterocycles. The summed E-state index contributed by atoms with van der Waals surface area (Å²) >= 11 is 0. The average molecular weight is 294 g/mol. The van der Waals surface area contributed by atoms with E-state index in [1.165, 1.54) is 0 Å². The summed E-state index contributed by atoms with van der Waals surface area (Å²) in [4.78, 5) is 22.9. The summed E-state index contributed by atoms with van der Waals surface area (Å²) in [7, 11) is 0. The van der Waals surface area contributed by atoms with Gasteiger partial charge in [-0.15, -0.1) is 0 Å². The van der Waals surface area contributed by atoms with Crippen molar-refractivity contribution in [3.63, 3.8) is 0 Å². The quantitative estimate of drug-likeness (QED) is 0.398. The Bertz CT molecular complexity index is 450. The Morgan fingerprint density at radius 3 is 2.33 bits per heavy atom. The number of carbonyl (C=O) groups is 2. The molecule has 0 N–H and O–H groups in total. The lowest BCUT2D eigenvalue weighted by Crippen LogP contribution is -2.18. The van der Waals surface area contributed by atoms with Gasteiger partial charge in [0.15, 0.2) is 12.4 Å². The molecule has 5 heteroatoms. The van der Waals surface area contributed by atoms with Crippen LogP contribution in [-0.4, -0.2) is 37.7 Å². The first-order chi connectivity index (χ1) is 10.0. The van der Waals surface area contributed by atoms with Crippen LogP contribution in [0.3, 0.4) is 0 Å². The van der Waals surface area contributed by atoms with E-state index in [2.05, 4.69) is 0 Å². The second-order valence-electron chi connectivity index (χ2n) is 4.73. The molecule has 1 aromatic carbocycles. The molecule has 5 nitrogen and oxygen atoms in total. The highest BCUT2D eigenvalue weighted by atomic mass is 16.6. The Morgan fingerprint density at radius 2 is 1.76 bits per heavy atom. The van der Waals surface area contributed by atoms with Crippen molar-refractivity contribution in [2.45, 2.75) is 33.3 Å². The number of hydrogen-bond donors (Lipinski definition) is 0. The molecule has 0 aromatic heterocycles. The van der Waals surface area contributed by atoms with Crippen LogP contribution in [0.5, 0.6) is 5.75 Å². The lowest BCUT2D eigenvalue weighted by atomic mass is 10.1. The molecule has 1 rings (SSSR count). The van der Waals surface area contributed by atoms with Crippen molar-refractivity contribution in [1.82, 2.24) is 0 Å². The van der Waals surface area contributed by atoms with Crippen molar-refractivity contribution in [3.8, 4) is 5.75 Å². The Labute approximate surface area is 125 Å². The molecule has 0 bridgehead atoms. The van der Waals surface area contributed by atoms with E-state index in [0.29, 0.717) is 24.3 Å². The maximum atomic E-state index is 11.5. The maximum absolute atomic E-state index is 11.5. The van der Waals surface area contributed by atoms with Crippen molar-refractivity contribution in [3.05, 3.63) is 29.8 Å². The third-order valence-electron chi connectivity index (χ3n) is 2.65. The summed E-state index contributed by atoms with van der Waals surface area (Å²) in [5, 5.41) is 0. The summed E-state index contributed by atoms with van der Waals surface area (Å²) in [6.45, 7) is 6.06. The summed E-state index contributed by atoms with van der Waals surface area (Å²) in [5.74, 6) is 0.153. The van der Waals surface area contributed by atoms with E-state index in [1.54, 1.807) is 24.3 Å². The summed E-state index contributed by atoms with van der Waals surface area (Å²) in [5.41, 5.74) is 0.637. The Hall–Kier alpha value is -1.88. The molecule has 0 aliphatic heterocycles. The van der Waals surface area contributed by atoms with Crippen LogP contribution in [0.4, 0.5) is 0 Å². The number of hydrogen-bond acceptors (Lipinski definition) is 5. The van der Waals surface area contributed by atoms with Crippen molar-refractivity contribution in [2.24, 2.45) is 0 Å². The Kier molecular flexibility index (Phi) is 7.46. The minimum Gasteiger partial charge on any atom is -0.482 e. The molecule has 0 fully saturated rings. The van der Waals surface area contributed by atoms with Gasteiger partial charge in [0.1, 0.15) is 12.4 Å². The Morgan fingerprint density at radius 1 is 1.10 bits per heavy atom. The number of Topliss-reactive ketones (excluding diaryl/α,β-unsaturated/α-hetero) is 1. The number of rotatable bonds is 9. The topological polar surface area (TPSA) is 61.8 Å². The molecular weight excluding hydrogens is 272 g/mol. The molecule has 0 amide bonds. The molecule has 0 atom stereocenters. The summed E-state index contributed by atoms with van der Waals surface area (Å²) < 4.78 is 15.5. The van der Waals surface area contributed by atoms with E-state index in [-0.39, 0.29) is 25.1 Å². The van der Waals surface area contributed by atoms with Crippen LogP contribution >= 0.6 is 0 Å². The molecule has 0 saturated carbocycles. The molecule has 116 valence electrons. The zero-order valence-corrected chi connectivity index (χ0v) is 12.8. The van der Waals surface area contributed by atoms with Crippen molar-refractivity contribution in [1.29, 1.82) is 0 Å². The monoisotopic (exact) mass is 294 g/mol.